The number of furan rings is 1. The molecule has 1 aromatic carbocycles. The maximum absolute atomic E-state index is 13.5. The zero-order valence-corrected chi connectivity index (χ0v) is 12.6. The first kappa shape index (κ1) is 14.6. The van der Waals surface area contributed by atoms with Gasteiger partial charge >= 0.3 is 0 Å². The molecule has 1 amide bonds. The van der Waals surface area contributed by atoms with E-state index in [1.807, 2.05) is 13.0 Å². The molecule has 1 heterocycles. The molecule has 1 unspecified atom stereocenters. The second-order valence-corrected chi connectivity index (χ2v) is 5.17. The summed E-state index contributed by atoms with van der Waals surface area (Å²) in [6, 6.07) is 8.02. The van der Waals surface area contributed by atoms with E-state index in [0.717, 1.165) is 5.76 Å². The molecule has 0 fully saturated rings. The lowest BCUT2D eigenvalue weighted by Gasteiger charge is -2.14. The van der Waals surface area contributed by atoms with E-state index >= 15 is 0 Å². The maximum Gasteiger partial charge on any atom is 0.221 e. The van der Waals surface area contributed by atoms with Crippen molar-refractivity contribution in [3.8, 4) is 0 Å². The first-order valence-corrected chi connectivity index (χ1v) is 6.84. The van der Waals surface area contributed by atoms with Crippen LogP contribution >= 0.6 is 15.9 Å². The van der Waals surface area contributed by atoms with Crippen LogP contribution in [0.2, 0.25) is 0 Å². The minimum absolute atomic E-state index is 0.0862. The van der Waals surface area contributed by atoms with Gasteiger partial charge in [0.2, 0.25) is 5.91 Å². The molecule has 0 bridgehead atoms. The minimum atomic E-state index is -0.473. The van der Waals surface area contributed by atoms with Crippen LogP contribution in [0, 0.1) is 5.82 Å². The molecule has 0 radical (unpaired) electrons. The molecule has 1 atom stereocenters. The molecular formula is C14H14BrFN2O2. The van der Waals surface area contributed by atoms with Crippen LogP contribution in [-0.4, -0.2) is 5.91 Å². The number of halogens is 2. The lowest BCUT2D eigenvalue weighted by Crippen LogP contribution is -2.09. The molecule has 106 valence electrons. The Labute approximate surface area is 124 Å². The number of carbonyl (C=O) groups excluding carboxylic acids is 1. The molecular weight excluding hydrogens is 327 g/mol. The van der Waals surface area contributed by atoms with Crippen molar-refractivity contribution >= 4 is 33.2 Å². The van der Waals surface area contributed by atoms with Crippen molar-refractivity contribution in [2.75, 3.05) is 10.6 Å². The van der Waals surface area contributed by atoms with Gasteiger partial charge in [-0.15, -0.1) is 0 Å². The van der Waals surface area contributed by atoms with Crippen LogP contribution in [0.4, 0.5) is 15.8 Å². The van der Waals surface area contributed by atoms with Crippen LogP contribution in [0.25, 0.3) is 0 Å². The number of rotatable bonds is 4. The number of carbonyl (C=O) groups is 1. The van der Waals surface area contributed by atoms with Crippen molar-refractivity contribution in [3.63, 3.8) is 0 Å². The highest BCUT2D eigenvalue weighted by molar-refractivity contribution is 9.10. The highest BCUT2D eigenvalue weighted by Crippen LogP contribution is 2.26. The fourth-order valence-corrected chi connectivity index (χ4v) is 2.10. The molecule has 0 spiro atoms. The Bertz CT molecular complexity index is 627. The summed E-state index contributed by atoms with van der Waals surface area (Å²) in [6.45, 7) is 3.26. The molecule has 0 saturated carbocycles. The number of anilines is 2. The third kappa shape index (κ3) is 3.60. The Hall–Kier alpha value is -1.82. The molecule has 20 heavy (non-hydrogen) atoms. The van der Waals surface area contributed by atoms with Crippen LogP contribution in [0.15, 0.2) is 39.4 Å². The zero-order valence-electron chi connectivity index (χ0n) is 11.0. The topological polar surface area (TPSA) is 54.3 Å². The standard InChI is InChI=1S/C14H14BrFN2O2/c1-8(13-5-6-14(15)20-13)17-10-3-4-11(16)12(7-10)18-9(2)19/h3-8,17H,1-2H3,(H,18,19). The number of benzene rings is 1. The fraction of sp³-hybridized carbons (Fsp3) is 0.214. The van der Waals surface area contributed by atoms with Crippen molar-refractivity contribution in [1.82, 2.24) is 0 Å². The van der Waals surface area contributed by atoms with E-state index in [9.17, 15) is 9.18 Å². The summed E-state index contributed by atoms with van der Waals surface area (Å²) in [5.41, 5.74) is 0.838. The van der Waals surface area contributed by atoms with Crippen LogP contribution in [0.5, 0.6) is 0 Å². The van der Waals surface area contributed by atoms with Crippen LogP contribution in [0.1, 0.15) is 25.6 Å². The smallest absolute Gasteiger partial charge is 0.221 e. The van der Waals surface area contributed by atoms with Gasteiger partial charge < -0.3 is 15.1 Å². The van der Waals surface area contributed by atoms with Crippen molar-refractivity contribution < 1.29 is 13.6 Å². The Morgan fingerprint density at radius 2 is 2.10 bits per heavy atom. The SMILES string of the molecule is CC(=O)Nc1cc(NC(C)c2ccc(Br)o2)ccc1F. The monoisotopic (exact) mass is 340 g/mol. The average molecular weight is 341 g/mol. The zero-order chi connectivity index (χ0) is 14.7. The van der Waals surface area contributed by atoms with Gasteiger partial charge in [0.05, 0.1) is 11.7 Å². The lowest BCUT2D eigenvalue weighted by molar-refractivity contribution is -0.114. The molecule has 0 aliphatic carbocycles. The Morgan fingerprint density at radius 3 is 2.70 bits per heavy atom. The summed E-state index contributed by atoms with van der Waals surface area (Å²) in [5.74, 6) is -0.0366. The fourth-order valence-electron chi connectivity index (χ4n) is 1.78. The molecule has 2 rings (SSSR count). The summed E-state index contributed by atoms with van der Waals surface area (Å²) in [5, 5.41) is 5.63. The van der Waals surface area contributed by atoms with Gasteiger partial charge in [-0.05, 0) is 53.2 Å². The third-order valence-electron chi connectivity index (χ3n) is 2.68. The molecule has 0 saturated heterocycles. The van der Waals surface area contributed by atoms with Crippen molar-refractivity contribution in [2.45, 2.75) is 19.9 Å². The Balaban J connectivity index is 2.15. The number of hydrogen-bond donors (Lipinski definition) is 2. The molecule has 1 aromatic heterocycles. The second-order valence-electron chi connectivity index (χ2n) is 4.38. The molecule has 6 heteroatoms. The maximum atomic E-state index is 13.5. The van der Waals surface area contributed by atoms with E-state index < -0.39 is 5.82 Å². The highest BCUT2D eigenvalue weighted by Gasteiger charge is 2.11. The summed E-state index contributed by atoms with van der Waals surface area (Å²) >= 11 is 3.24. The van der Waals surface area contributed by atoms with E-state index in [4.69, 9.17) is 4.42 Å². The third-order valence-corrected chi connectivity index (χ3v) is 3.11. The Kier molecular flexibility index (Phi) is 4.44. The quantitative estimate of drug-likeness (QED) is 0.871. The first-order chi connectivity index (χ1) is 9.45. The van der Waals surface area contributed by atoms with Crippen LogP contribution < -0.4 is 10.6 Å². The van der Waals surface area contributed by atoms with Crippen LogP contribution in [0.3, 0.4) is 0 Å². The first-order valence-electron chi connectivity index (χ1n) is 6.04. The molecule has 2 aromatic rings. The van der Waals surface area contributed by atoms with E-state index in [2.05, 4.69) is 26.6 Å². The number of amides is 1. The van der Waals surface area contributed by atoms with E-state index in [0.29, 0.717) is 10.4 Å². The van der Waals surface area contributed by atoms with Gasteiger partial charge in [0, 0.05) is 12.6 Å². The van der Waals surface area contributed by atoms with Crippen molar-refractivity contribution in [2.24, 2.45) is 0 Å². The predicted octanol–water partition coefficient (Wildman–Crippen LogP) is 4.31. The Morgan fingerprint density at radius 1 is 1.35 bits per heavy atom. The minimum Gasteiger partial charge on any atom is -0.452 e. The van der Waals surface area contributed by atoms with Gasteiger partial charge in [-0.25, -0.2) is 4.39 Å². The highest BCUT2D eigenvalue weighted by atomic mass is 79.9. The molecule has 2 N–H and O–H groups in total. The summed E-state index contributed by atoms with van der Waals surface area (Å²) in [6.07, 6.45) is 0. The van der Waals surface area contributed by atoms with Crippen molar-refractivity contribution in [1.29, 1.82) is 0 Å². The largest absolute Gasteiger partial charge is 0.452 e. The average Bonchev–Trinajstić information content (AvgIpc) is 2.79. The van der Waals surface area contributed by atoms with Gasteiger partial charge in [0.15, 0.2) is 4.67 Å². The van der Waals surface area contributed by atoms with Gasteiger partial charge in [0.25, 0.3) is 0 Å². The molecule has 4 nitrogen and oxygen atoms in total. The summed E-state index contributed by atoms with van der Waals surface area (Å²) < 4.78 is 19.6. The summed E-state index contributed by atoms with van der Waals surface area (Å²) in [7, 11) is 0. The van der Waals surface area contributed by atoms with Gasteiger partial charge in [0.1, 0.15) is 11.6 Å². The van der Waals surface area contributed by atoms with Gasteiger partial charge in [-0.1, -0.05) is 0 Å². The van der Waals surface area contributed by atoms with E-state index in [-0.39, 0.29) is 17.6 Å². The van der Waals surface area contributed by atoms with Crippen molar-refractivity contribution in [3.05, 3.63) is 46.6 Å². The predicted molar refractivity (Wildman–Crippen MR) is 79.1 cm³/mol. The lowest BCUT2D eigenvalue weighted by atomic mass is 10.2. The normalized spacial score (nSPS) is 12.0. The van der Waals surface area contributed by atoms with E-state index in [1.165, 1.54) is 13.0 Å². The number of nitrogens with one attached hydrogen (secondary N) is 2. The van der Waals surface area contributed by atoms with Gasteiger partial charge in [-0.3, -0.25) is 4.79 Å². The summed E-state index contributed by atoms with van der Waals surface area (Å²) in [4.78, 5) is 11.0. The number of hydrogen-bond acceptors (Lipinski definition) is 3. The molecule has 0 aliphatic rings. The molecule has 0 aliphatic heterocycles. The van der Waals surface area contributed by atoms with E-state index in [1.54, 1.807) is 18.2 Å². The second kappa shape index (κ2) is 6.09. The van der Waals surface area contributed by atoms with Gasteiger partial charge in [-0.2, -0.15) is 0 Å². The van der Waals surface area contributed by atoms with Crippen LogP contribution in [-0.2, 0) is 4.79 Å².